The van der Waals surface area contributed by atoms with Crippen LogP contribution in [-0.2, 0) is 66.5 Å². The van der Waals surface area contributed by atoms with E-state index in [1.54, 1.807) is 0 Å². The van der Waals surface area contributed by atoms with Crippen LogP contribution in [0.4, 0.5) is 0 Å². The molecule has 6 heterocycles. The number of amides is 2. The average molecular weight is 1150 g/mol. The van der Waals surface area contributed by atoms with E-state index in [-0.39, 0.29) is 0 Å². The Balaban J connectivity index is 1.37. The van der Waals surface area contributed by atoms with E-state index < -0.39 is 247 Å². The lowest BCUT2D eigenvalue weighted by Crippen LogP contribution is -2.72. The monoisotopic (exact) mass is 1140 g/mol. The van der Waals surface area contributed by atoms with E-state index in [9.17, 15) is 111 Å². The van der Waals surface area contributed by atoms with Gasteiger partial charge < -0.3 is 160 Å². The van der Waals surface area contributed by atoms with Gasteiger partial charge in [-0.25, -0.2) is 4.79 Å². The minimum atomic E-state index is -3.25. The number of carboxylic acids is 1. The number of carbonyl (C=O) groups is 3. The van der Waals surface area contributed by atoms with Gasteiger partial charge >= 0.3 is 5.97 Å². The van der Waals surface area contributed by atoms with Gasteiger partial charge in [-0.15, -0.1) is 0 Å². The molecular formula is C43H72N2O33. The van der Waals surface area contributed by atoms with Crippen LogP contribution in [0.2, 0.25) is 0 Å². The first-order chi connectivity index (χ1) is 36.7. The highest BCUT2D eigenvalue weighted by Gasteiger charge is 2.62. The summed E-state index contributed by atoms with van der Waals surface area (Å²) in [5, 5.41) is 209. The molecule has 2 amide bonds. The lowest BCUT2D eigenvalue weighted by atomic mass is 9.88. The smallest absolute Gasteiger partial charge is 0.364 e. The van der Waals surface area contributed by atoms with Crippen LogP contribution in [0.5, 0.6) is 0 Å². The summed E-state index contributed by atoms with van der Waals surface area (Å²) in [6.07, 6.45) is -58.2. The molecule has 452 valence electrons. The van der Waals surface area contributed by atoms with Crippen molar-refractivity contribution in [1.29, 1.82) is 0 Å². The number of aliphatic hydroxyl groups is 18. The fourth-order valence-electron chi connectivity index (χ4n) is 9.96. The van der Waals surface area contributed by atoms with Gasteiger partial charge in [-0.3, -0.25) is 9.59 Å². The van der Waals surface area contributed by atoms with E-state index in [4.69, 9.17) is 52.1 Å². The first-order valence-electron chi connectivity index (χ1n) is 24.6. The van der Waals surface area contributed by atoms with Crippen LogP contribution in [0.25, 0.3) is 0 Å². The first kappa shape index (κ1) is 64.4. The van der Waals surface area contributed by atoms with Gasteiger partial charge in [0.05, 0.1) is 51.3 Å². The third kappa shape index (κ3) is 13.5. The molecule has 6 fully saturated rings. The van der Waals surface area contributed by atoms with Crippen molar-refractivity contribution < 1.29 is 164 Å². The van der Waals surface area contributed by atoms with E-state index in [0.717, 1.165) is 13.8 Å². The molecule has 78 heavy (non-hydrogen) atoms. The normalized spacial score (nSPS) is 48.1. The van der Waals surface area contributed by atoms with Crippen LogP contribution in [-0.4, -0.2) is 338 Å². The maximum atomic E-state index is 13.2. The quantitative estimate of drug-likeness (QED) is 0.0538. The maximum Gasteiger partial charge on any atom is 0.364 e. The predicted octanol–water partition coefficient (Wildman–Crippen LogP) is -13.6. The lowest BCUT2D eigenvalue weighted by molar-refractivity contribution is -0.399. The number of aliphatic carboxylic acids is 1. The molecule has 0 aromatic carbocycles. The van der Waals surface area contributed by atoms with E-state index in [2.05, 4.69) is 10.6 Å². The molecule has 0 aliphatic carbocycles. The highest BCUT2D eigenvalue weighted by atomic mass is 16.8. The molecule has 21 N–H and O–H groups in total. The summed E-state index contributed by atoms with van der Waals surface area (Å²) in [4.78, 5) is 38.4. The third-order valence-electron chi connectivity index (χ3n) is 14.2. The molecule has 29 unspecified atom stereocenters. The van der Waals surface area contributed by atoms with E-state index in [1.165, 1.54) is 6.92 Å². The van der Waals surface area contributed by atoms with Crippen LogP contribution in [0, 0.1) is 0 Å². The van der Waals surface area contributed by atoms with Gasteiger partial charge in [0.1, 0.15) is 134 Å². The Kier molecular flexibility index (Phi) is 22.4. The summed E-state index contributed by atoms with van der Waals surface area (Å²) >= 11 is 0. The van der Waals surface area contributed by atoms with Crippen LogP contribution in [0.15, 0.2) is 0 Å². The lowest BCUT2D eigenvalue weighted by Gasteiger charge is -2.52. The fraction of sp³-hybridized carbons (Fsp3) is 0.930. The Morgan fingerprint density at radius 1 is 0.526 bits per heavy atom. The summed E-state index contributed by atoms with van der Waals surface area (Å²) in [5.41, 5.74) is 0. The maximum absolute atomic E-state index is 13.2. The van der Waals surface area contributed by atoms with Crippen LogP contribution in [0.1, 0.15) is 27.2 Å². The SMILES string of the molecule is CC(=O)NC1C(OC2C(O)C(CO)OC(OC3C(CO)OC(O)C(O)C3O)C2O)OC(CO)C(OC2OC(CO)C(O)C(OC3(C(=O)O)CC(O)C(NC(C)=O)C([C@H](O)[C@H](O)CO)O3)C2O)C1OC1OC(C)C(O)C(O)C1O. The molecule has 0 aromatic rings. The third-order valence-corrected chi connectivity index (χ3v) is 14.2. The van der Waals surface area contributed by atoms with Gasteiger partial charge in [-0.05, 0) is 6.92 Å². The summed E-state index contributed by atoms with van der Waals surface area (Å²) in [7, 11) is 0. The van der Waals surface area contributed by atoms with Crippen molar-refractivity contribution in [3.05, 3.63) is 0 Å². The van der Waals surface area contributed by atoms with Crippen LogP contribution < -0.4 is 10.6 Å². The van der Waals surface area contributed by atoms with Gasteiger partial charge in [0.25, 0.3) is 5.79 Å². The van der Waals surface area contributed by atoms with Gasteiger partial charge in [-0.1, -0.05) is 0 Å². The number of nitrogens with one attached hydrogen (secondary N) is 2. The molecule has 6 saturated heterocycles. The Bertz CT molecular complexity index is 1950. The molecule has 0 bridgehead atoms. The Morgan fingerprint density at radius 3 is 1.54 bits per heavy atom. The molecule has 35 heteroatoms. The molecule has 6 rings (SSSR count). The Hall–Kier alpha value is -2.75. The van der Waals surface area contributed by atoms with E-state index in [0.29, 0.717) is 0 Å². The van der Waals surface area contributed by atoms with Gasteiger partial charge in [0.15, 0.2) is 31.5 Å². The minimum absolute atomic E-state index is 0.841. The number of carbonyl (C=O) groups excluding carboxylic acids is 2. The molecule has 0 radical (unpaired) electrons. The van der Waals surface area contributed by atoms with Crippen molar-refractivity contribution in [2.45, 2.75) is 217 Å². The number of aliphatic hydroxyl groups excluding tert-OH is 18. The number of hydrogen-bond acceptors (Lipinski definition) is 32. The zero-order chi connectivity index (χ0) is 58.0. The van der Waals surface area contributed by atoms with Crippen molar-refractivity contribution >= 4 is 17.8 Å². The van der Waals surface area contributed by atoms with Crippen molar-refractivity contribution in [2.75, 3.05) is 33.0 Å². The Morgan fingerprint density at radius 2 is 1.00 bits per heavy atom. The standard InChI is InChI=1S/C43H72N2O33/c1-10-21(55)25(59)28(62)39(68-10)75-34-20(45-12(3)52)38(76-35-23(57)15(6-47)70-40(29(35)63)73-31-17(8-49)69-37(65)27(61)26(31)60)72-18(9-50)32(34)74-41-30(64)36(24(58)16(7-48)71-41)78-43(42(66)67)4-13(53)19(44-11(2)51)33(77-43)22(56)14(54)5-46/h10,13-41,46-50,53-65H,4-9H2,1-3H3,(H,44,51)(H,45,52)(H,66,67)/t10?,13?,14-,15?,16?,17?,18?,19?,20?,21?,22-,23?,24?,25?,26?,27?,28?,29?,30?,31?,32?,33?,34?,35?,36?,37?,38?,39?,40?,41?,43?/m1/s1. The summed E-state index contributed by atoms with van der Waals surface area (Å²) < 4.78 is 63.6. The molecular weight excluding hydrogens is 1070 g/mol. The number of ether oxygens (including phenoxy) is 11. The van der Waals surface area contributed by atoms with Crippen LogP contribution >= 0.6 is 0 Å². The Labute approximate surface area is 441 Å². The largest absolute Gasteiger partial charge is 0.477 e. The van der Waals surface area contributed by atoms with Crippen molar-refractivity contribution in [3.63, 3.8) is 0 Å². The van der Waals surface area contributed by atoms with E-state index in [1.807, 2.05) is 0 Å². The zero-order valence-corrected chi connectivity index (χ0v) is 41.8. The molecule has 31 atom stereocenters. The predicted molar refractivity (Wildman–Crippen MR) is 238 cm³/mol. The van der Waals surface area contributed by atoms with Crippen molar-refractivity contribution in [1.82, 2.24) is 10.6 Å². The van der Waals surface area contributed by atoms with Gasteiger partial charge in [0, 0.05) is 20.3 Å². The van der Waals surface area contributed by atoms with Crippen LogP contribution in [0.3, 0.4) is 0 Å². The molecule has 6 aliphatic heterocycles. The molecule has 0 aromatic heterocycles. The van der Waals surface area contributed by atoms with Gasteiger partial charge in [0.2, 0.25) is 11.8 Å². The molecule has 0 spiro atoms. The minimum Gasteiger partial charge on any atom is -0.477 e. The number of hydrogen-bond donors (Lipinski definition) is 21. The molecule has 6 aliphatic rings. The van der Waals surface area contributed by atoms with Crippen molar-refractivity contribution in [2.24, 2.45) is 0 Å². The first-order valence-corrected chi connectivity index (χ1v) is 24.6. The van der Waals surface area contributed by atoms with Crippen molar-refractivity contribution in [3.8, 4) is 0 Å². The second kappa shape index (κ2) is 27.1. The number of carboxylic acid groups (broad SMARTS) is 1. The number of rotatable bonds is 20. The zero-order valence-electron chi connectivity index (χ0n) is 41.8. The summed E-state index contributed by atoms with van der Waals surface area (Å²) in [6.45, 7) is -2.35. The summed E-state index contributed by atoms with van der Waals surface area (Å²) in [5.74, 6) is -7.15. The highest BCUT2D eigenvalue weighted by Crippen LogP contribution is 2.40. The fourth-order valence-corrected chi connectivity index (χ4v) is 9.96. The molecule has 35 nitrogen and oxygen atoms in total. The van der Waals surface area contributed by atoms with Gasteiger partial charge in [-0.2, -0.15) is 0 Å². The molecule has 0 saturated carbocycles. The second-order valence-electron chi connectivity index (χ2n) is 19.6. The average Bonchev–Trinajstić information content (AvgIpc) is 3.40. The highest BCUT2D eigenvalue weighted by molar-refractivity contribution is 5.76. The van der Waals surface area contributed by atoms with E-state index >= 15 is 0 Å². The second-order valence-corrected chi connectivity index (χ2v) is 19.6. The topological polar surface area (TPSA) is 561 Å². The summed E-state index contributed by atoms with van der Waals surface area (Å²) in [6, 6.07) is -3.64.